The molecule has 9 nitrogen and oxygen atoms in total. The maximum Gasteiger partial charge on any atom is 0.260 e. The van der Waals surface area contributed by atoms with E-state index in [0.29, 0.717) is 27.1 Å². The summed E-state index contributed by atoms with van der Waals surface area (Å²) in [7, 11) is -3.38. The molecule has 14 heteroatoms. The van der Waals surface area contributed by atoms with Gasteiger partial charge in [-0.2, -0.15) is 5.10 Å². The average Bonchev–Trinajstić information content (AvgIpc) is 3.59. The van der Waals surface area contributed by atoms with Gasteiger partial charge in [0, 0.05) is 35.3 Å². The summed E-state index contributed by atoms with van der Waals surface area (Å²) < 4.78 is 41.2. The molecule has 6 aromatic rings. The van der Waals surface area contributed by atoms with Gasteiger partial charge in [0.2, 0.25) is 0 Å². The number of benzene rings is 2. The molecule has 0 fully saturated rings. The Morgan fingerprint density at radius 2 is 1.85 bits per heavy atom. The fourth-order valence-electron chi connectivity index (χ4n) is 4.22. The summed E-state index contributed by atoms with van der Waals surface area (Å²) in [4.78, 5) is 21.7. The van der Waals surface area contributed by atoms with E-state index in [0.717, 1.165) is 34.4 Å². The third-order valence-corrected chi connectivity index (χ3v) is 8.21. The van der Waals surface area contributed by atoms with Crippen LogP contribution >= 0.6 is 36.2 Å². The Morgan fingerprint density at radius 3 is 2.55 bits per heavy atom. The molecule has 4 aromatic heterocycles. The van der Waals surface area contributed by atoms with Gasteiger partial charge < -0.3 is 0 Å². The van der Waals surface area contributed by atoms with E-state index in [4.69, 9.17) is 0 Å². The largest absolute Gasteiger partial charge is 0.299 e. The first kappa shape index (κ1) is 29.2. The summed E-state index contributed by atoms with van der Waals surface area (Å²) in [5.41, 5.74) is 5.05. The lowest BCUT2D eigenvalue weighted by atomic mass is 10.1. The van der Waals surface area contributed by atoms with Gasteiger partial charge in [-0.1, -0.05) is 17.4 Å². The fourth-order valence-corrected chi connectivity index (χ4v) is 5.84. The van der Waals surface area contributed by atoms with Crippen molar-refractivity contribution in [3.63, 3.8) is 0 Å². The Hall–Kier alpha value is -3.84. The number of anilines is 1. The molecule has 0 aliphatic heterocycles. The SMILES string of the molecule is Cc1n[nH]cc1-c1ccc2ncc(-c3ccc(C(=O)Nc4nc5ccc(S(C)(=O)=O)cc5s4)c(F)c3)n2c1.Cl.Cl. The number of carbonyl (C=O) groups excluding carboxylic acids is 1. The number of rotatable bonds is 5. The van der Waals surface area contributed by atoms with E-state index < -0.39 is 21.6 Å². The number of pyridine rings is 1. The van der Waals surface area contributed by atoms with Crippen molar-refractivity contribution < 1.29 is 17.6 Å². The van der Waals surface area contributed by atoms with E-state index in [-0.39, 0.29) is 40.4 Å². The molecule has 2 N–H and O–H groups in total. The van der Waals surface area contributed by atoms with Crippen molar-refractivity contribution in [3.8, 4) is 22.4 Å². The molecule has 4 heterocycles. The number of aromatic amines is 1. The third-order valence-electron chi connectivity index (χ3n) is 6.17. The van der Waals surface area contributed by atoms with Gasteiger partial charge in [0.15, 0.2) is 15.0 Å². The summed E-state index contributed by atoms with van der Waals surface area (Å²) in [5, 5.41) is 9.87. The molecule has 0 saturated heterocycles. The van der Waals surface area contributed by atoms with Gasteiger partial charge in [-0.05, 0) is 49.4 Å². The van der Waals surface area contributed by atoms with E-state index in [1.165, 1.54) is 24.3 Å². The minimum absolute atomic E-state index is 0. The van der Waals surface area contributed by atoms with Crippen LogP contribution in [0.2, 0.25) is 0 Å². The third kappa shape index (κ3) is 5.30. The van der Waals surface area contributed by atoms with E-state index >= 15 is 4.39 Å². The number of H-pyrrole nitrogens is 1. The van der Waals surface area contributed by atoms with Crippen LogP contribution in [0.15, 0.2) is 72.0 Å². The lowest BCUT2D eigenvalue weighted by Crippen LogP contribution is -2.13. The standard InChI is InChI=1S/C26H19FN6O3S2.2ClH/c1-14-19(11-29-32-14)16-4-8-24-28-12-22(33(24)13-16)15-3-6-18(20(27)9-15)25(34)31-26-30-21-7-5-17(38(2,35)36)10-23(21)37-26;;/h3-13H,1-2H3,(H,29,32)(H,30,31,34);2*1H. The van der Waals surface area contributed by atoms with E-state index in [2.05, 4.69) is 25.5 Å². The van der Waals surface area contributed by atoms with Crippen LogP contribution in [0.25, 0.3) is 38.2 Å². The normalized spacial score (nSPS) is 11.3. The smallest absolute Gasteiger partial charge is 0.260 e. The number of aryl methyl sites for hydroxylation is 1. The quantitative estimate of drug-likeness (QED) is 0.246. The molecule has 0 atom stereocenters. The Bertz CT molecular complexity index is 2000. The lowest BCUT2D eigenvalue weighted by molar-refractivity contribution is 0.102. The number of imidazole rings is 1. The number of hydrogen-bond donors (Lipinski definition) is 2. The maximum absolute atomic E-state index is 15.2. The van der Waals surface area contributed by atoms with E-state index in [1.54, 1.807) is 18.3 Å². The summed E-state index contributed by atoms with van der Waals surface area (Å²) in [6.07, 6.45) is 6.50. The number of carbonyl (C=O) groups is 1. The molecule has 0 aliphatic rings. The highest BCUT2D eigenvalue weighted by molar-refractivity contribution is 7.90. The molecule has 0 saturated carbocycles. The van der Waals surface area contributed by atoms with Gasteiger partial charge in [-0.3, -0.25) is 19.6 Å². The predicted molar refractivity (Wildman–Crippen MR) is 158 cm³/mol. The van der Waals surface area contributed by atoms with Crippen LogP contribution in [-0.4, -0.2) is 45.1 Å². The second kappa shape index (κ2) is 11.0. The molecule has 0 radical (unpaired) electrons. The van der Waals surface area contributed by atoms with Gasteiger partial charge in [-0.25, -0.2) is 22.8 Å². The van der Waals surface area contributed by atoms with E-state index in [1.807, 2.05) is 35.9 Å². The number of fused-ring (bicyclic) bond motifs is 2. The number of halogens is 3. The number of hydrogen-bond acceptors (Lipinski definition) is 7. The molecule has 0 aliphatic carbocycles. The van der Waals surface area contributed by atoms with Crippen LogP contribution in [0, 0.1) is 12.7 Å². The van der Waals surface area contributed by atoms with Crippen LogP contribution in [0.1, 0.15) is 16.1 Å². The minimum Gasteiger partial charge on any atom is -0.299 e. The molecule has 0 bridgehead atoms. The van der Waals surface area contributed by atoms with Gasteiger partial charge in [0.05, 0.1) is 38.3 Å². The molecule has 1 amide bonds. The lowest BCUT2D eigenvalue weighted by Gasteiger charge is -2.08. The summed E-state index contributed by atoms with van der Waals surface area (Å²) in [6.45, 7) is 1.91. The van der Waals surface area contributed by atoms with Crippen LogP contribution in [0.4, 0.5) is 9.52 Å². The van der Waals surface area contributed by atoms with Crippen molar-refractivity contribution in [2.75, 3.05) is 11.6 Å². The summed E-state index contributed by atoms with van der Waals surface area (Å²) >= 11 is 1.11. The Kier molecular flexibility index (Phi) is 7.99. The second-order valence-corrected chi connectivity index (χ2v) is 11.8. The molecule has 0 unspecified atom stereocenters. The number of sulfone groups is 1. The van der Waals surface area contributed by atoms with Gasteiger partial charge in [-0.15, -0.1) is 24.8 Å². The number of nitrogens with zero attached hydrogens (tertiary/aromatic N) is 4. The summed E-state index contributed by atoms with van der Waals surface area (Å²) in [5.74, 6) is -1.36. The topological polar surface area (TPSA) is 122 Å². The number of aromatic nitrogens is 5. The van der Waals surface area contributed by atoms with Gasteiger partial charge >= 0.3 is 0 Å². The highest BCUT2D eigenvalue weighted by Gasteiger charge is 2.18. The first-order chi connectivity index (χ1) is 18.2. The first-order valence-electron chi connectivity index (χ1n) is 11.4. The highest BCUT2D eigenvalue weighted by atomic mass is 35.5. The zero-order valence-corrected chi connectivity index (χ0v) is 24.1. The molecule has 2 aromatic carbocycles. The van der Waals surface area contributed by atoms with Gasteiger partial charge in [0.1, 0.15) is 11.5 Å². The van der Waals surface area contributed by atoms with Crippen LogP contribution < -0.4 is 5.32 Å². The number of amides is 1. The molecular weight excluding hydrogens is 598 g/mol. The summed E-state index contributed by atoms with van der Waals surface area (Å²) in [6, 6.07) is 12.7. The van der Waals surface area contributed by atoms with E-state index in [9.17, 15) is 13.2 Å². The van der Waals surface area contributed by atoms with Crippen molar-refractivity contribution in [1.82, 2.24) is 24.6 Å². The number of thiazole rings is 1. The molecule has 0 spiro atoms. The molecule has 6 rings (SSSR count). The zero-order valence-electron chi connectivity index (χ0n) is 20.9. The van der Waals surface area contributed by atoms with Crippen molar-refractivity contribution in [3.05, 3.63) is 84.2 Å². The second-order valence-electron chi connectivity index (χ2n) is 8.74. The maximum atomic E-state index is 15.2. The van der Waals surface area contributed by atoms with Crippen molar-refractivity contribution in [2.24, 2.45) is 0 Å². The van der Waals surface area contributed by atoms with Crippen molar-refractivity contribution in [2.45, 2.75) is 11.8 Å². The van der Waals surface area contributed by atoms with Crippen molar-refractivity contribution in [1.29, 1.82) is 0 Å². The first-order valence-corrected chi connectivity index (χ1v) is 14.1. The Morgan fingerprint density at radius 1 is 1.07 bits per heavy atom. The van der Waals surface area contributed by atoms with Gasteiger partial charge in [0.25, 0.3) is 5.91 Å². The Balaban J connectivity index is 0.00000185. The fraction of sp³-hybridized carbons (Fsp3) is 0.0769. The van der Waals surface area contributed by atoms with Crippen LogP contribution in [0.3, 0.4) is 0 Å². The molecule has 206 valence electrons. The highest BCUT2D eigenvalue weighted by Crippen LogP contribution is 2.30. The van der Waals surface area contributed by atoms with Crippen LogP contribution in [0.5, 0.6) is 0 Å². The average molecular weight is 620 g/mol. The Labute approximate surface area is 244 Å². The minimum atomic E-state index is -3.38. The number of nitrogens with one attached hydrogen (secondary N) is 2. The molecular formula is C26H21Cl2FN6O3S2. The van der Waals surface area contributed by atoms with Crippen LogP contribution in [-0.2, 0) is 9.84 Å². The predicted octanol–water partition coefficient (Wildman–Crippen LogP) is 5.95. The zero-order chi connectivity index (χ0) is 26.6. The molecule has 40 heavy (non-hydrogen) atoms. The van der Waals surface area contributed by atoms with Crippen molar-refractivity contribution >= 4 is 72.9 Å². The monoisotopic (exact) mass is 618 g/mol.